The lowest BCUT2D eigenvalue weighted by molar-refractivity contribution is -0.193. The highest BCUT2D eigenvalue weighted by Crippen LogP contribution is 2.16. The van der Waals surface area contributed by atoms with Crippen molar-refractivity contribution >= 4 is 40.6 Å². The van der Waals surface area contributed by atoms with Gasteiger partial charge in [0.1, 0.15) is 12.6 Å². The van der Waals surface area contributed by atoms with Crippen LogP contribution < -0.4 is 16.4 Å². The number of nitrogens with zero attached hydrogens (tertiary/aromatic N) is 1. The van der Waals surface area contributed by atoms with Gasteiger partial charge in [0, 0.05) is 25.2 Å². The molecule has 0 spiro atoms. The summed E-state index contributed by atoms with van der Waals surface area (Å²) >= 11 is 0. The maximum Gasteiger partial charge on any atom is 0.490 e. The second-order valence-electron chi connectivity index (χ2n) is 9.29. The molecule has 0 aliphatic heterocycles. The summed E-state index contributed by atoms with van der Waals surface area (Å²) < 4.78 is 73.7. The lowest BCUT2D eigenvalue weighted by Gasteiger charge is -2.20. The van der Waals surface area contributed by atoms with Crippen molar-refractivity contribution < 1.29 is 70.0 Å². The van der Waals surface area contributed by atoms with E-state index in [-0.39, 0.29) is 26.2 Å². The number of amides is 2. The Hall–Kier alpha value is -5.30. The highest BCUT2D eigenvalue weighted by molar-refractivity contribution is 5.92. The molecule has 13 nitrogen and oxygen atoms in total. The quantitative estimate of drug-likeness (QED) is 0.146. The van der Waals surface area contributed by atoms with E-state index in [1.165, 1.54) is 7.11 Å². The van der Waals surface area contributed by atoms with Gasteiger partial charge in [0.25, 0.3) is 0 Å². The lowest BCUT2D eigenvalue weighted by atomic mass is 10.1. The summed E-state index contributed by atoms with van der Waals surface area (Å²) in [6.07, 6.45) is -8.80. The molecule has 0 bridgehead atoms. The third-order valence-electron chi connectivity index (χ3n) is 5.59. The zero-order valence-corrected chi connectivity index (χ0v) is 24.9. The van der Waals surface area contributed by atoms with Crippen molar-refractivity contribution in [1.29, 1.82) is 0 Å². The number of benzene rings is 2. The largest absolute Gasteiger partial charge is 0.490 e. The van der Waals surface area contributed by atoms with Crippen LogP contribution in [-0.4, -0.2) is 83.1 Å². The molecule has 1 heterocycles. The number of carbonyl (C=O) groups is 5. The molecule has 2 amide bonds. The van der Waals surface area contributed by atoms with Gasteiger partial charge in [-0.2, -0.15) is 26.3 Å². The summed E-state index contributed by atoms with van der Waals surface area (Å²) in [7, 11) is 1.42. The van der Waals surface area contributed by atoms with Crippen LogP contribution in [0.1, 0.15) is 17.5 Å². The first-order valence-corrected chi connectivity index (χ1v) is 13.3. The van der Waals surface area contributed by atoms with Crippen LogP contribution in [0.3, 0.4) is 0 Å². The standard InChI is InChI=1S/C25H28N4O5.2C2HF3O2/c1-33-16-21(25(32)28-14-19-10-5-9-18-11-6-12-27-23(18)19)29-24(31)20(26)13-22(30)34-15-17-7-3-2-4-8-17;2*3-2(4,5)1(6)7/h2-12,20-21H,13-16,26H2,1H3,(H,28,32)(H,29,31);2*(H,6,7)/t20-,21-;;/m0../s1. The van der Waals surface area contributed by atoms with Crippen LogP contribution in [0, 0.1) is 0 Å². The number of hydrogen-bond donors (Lipinski definition) is 5. The minimum absolute atomic E-state index is 0.0590. The SMILES string of the molecule is COC[C@H](NC(=O)[C@@H](N)CC(=O)OCc1ccccc1)C(=O)NCc1cccc2cccnc12.O=C(O)C(F)(F)F.O=C(O)C(F)(F)F. The normalized spacial score (nSPS) is 12.2. The van der Waals surface area contributed by atoms with Crippen molar-refractivity contribution in [3.8, 4) is 0 Å². The number of alkyl halides is 6. The van der Waals surface area contributed by atoms with Crippen LogP contribution in [0.15, 0.2) is 66.9 Å². The molecular weight excluding hydrogens is 662 g/mol. The van der Waals surface area contributed by atoms with Crippen molar-refractivity contribution in [3.05, 3.63) is 78.0 Å². The number of carboxylic acids is 2. The number of methoxy groups -OCH3 is 1. The van der Waals surface area contributed by atoms with E-state index >= 15 is 0 Å². The summed E-state index contributed by atoms with van der Waals surface area (Å²) in [6.45, 7) is 0.253. The Labute approximate surface area is 268 Å². The number of fused-ring (bicyclic) bond motifs is 1. The van der Waals surface area contributed by atoms with Crippen molar-refractivity contribution in [1.82, 2.24) is 15.6 Å². The van der Waals surface area contributed by atoms with E-state index in [1.54, 1.807) is 6.20 Å². The van der Waals surface area contributed by atoms with Gasteiger partial charge < -0.3 is 36.1 Å². The molecule has 0 aliphatic carbocycles. The molecule has 19 heteroatoms. The predicted octanol–water partition coefficient (Wildman–Crippen LogP) is 2.71. The van der Waals surface area contributed by atoms with Crippen molar-refractivity contribution in [3.63, 3.8) is 0 Å². The van der Waals surface area contributed by atoms with Crippen molar-refractivity contribution in [2.45, 2.75) is 44.0 Å². The number of pyridine rings is 1. The maximum absolute atomic E-state index is 12.7. The lowest BCUT2D eigenvalue weighted by Crippen LogP contribution is -2.53. The summed E-state index contributed by atoms with van der Waals surface area (Å²) in [4.78, 5) is 59.4. The third-order valence-corrected chi connectivity index (χ3v) is 5.59. The van der Waals surface area contributed by atoms with E-state index in [9.17, 15) is 40.7 Å². The molecule has 0 radical (unpaired) electrons. The molecule has 3 rings (SSSR count). The Morgan fingerprint density at radius 3 is 1.96 bits per heavy atom. The number of esters is 1. The number of aliphatic carboxylic acids is 2. The number of para-hydroxylation sites is 1. The summed E-state index contributed by atoms with van der Waals surface area (Å²) in [6, 6.07) is 16.5. The first-order chi connectivity index (χ1) is 22.4. The number of nitrogens with one attached hydrogen (secondary N) is 2. The molecule has 6 N–H and O–H groups in total. The fourth-order valence-electron chi connectivity index (χ4n) is 3.31. The minimum atomic E-state index is -5.08. The van der Waals surface area contributed by atoms with Gasteiger partial charge in [-0.25, -0.2) is 9.59 Å². The van der Waals surface area contributed by atoms with Crippen LogP contribution >= 0.6 is 0 Å². The second-order valence-corrected chi connectivity index (χ2v) is 9.29. The Bertz CT molecular complexity index is 1490. The predicted molar refractivity (Wildman–Crippen MR) is 154 cm³/mol. The number of nitrogens with two attached hydrogens (primary N) is 1. The average molecular weight is 693 g/mol. The van der Waals surface area contributed by atoms with Crippen LogP contribution in [-0.2, 0) is 46.6 Å². The summed E-state index contributed by atoms with van der Waals surface area (Å²) in [5, 5.41) is 20.5. The van der Waals surface area contributed by atoms with Crippen LogP contribution in [0.25, 0.3) is 10.9 Å². The molecule has 0 fully saturated rings. The molecule has 2 atom stereocenters. The van der Waals surface area contributed by atoms with Crippen molar-refractivity contribution in [2.75, 3.05) is 13.7 Å². The fourth-order valence-corrected chi connectivity index (χ4v) is 3.31. The monoisotopic (exact) mass is 692 g/mol. The Balaban J connectivity index is 0.000000687. The zero-order valence-electron chi connectivity index (χ0n) is 24.9. The number of carboxylic acid groups (broad SMARTS) is 2. The van der Waals surface area contributed by atoms with Gasteiger partial charge in [0.2, 0.25) is 11.8 Å². The maximum atomic E-state index is 12.7. The molecule has 3 aromatic rings. The van der Waals surface area contributed by atoms with Crippen molar-refractivity contribution in [2.24, 2.45) is 5.73 Å². The number of hydrogen-bond acceptors (Lipinski definition) is 9. The van der Waals surface area contributed by atoms with E-state index < -0.39 is 54.2 Å². The van der Waals surface area contributed by atoms with Crippen LogP contribution in [0.5, 0.6) is 0 Å². The van der Waals surface area contributed by atoms with Gasteiger partial charge in [-0.1, -0.05) is 54.6 Å². The van der Waals surface area contributed by atoms with E-state index in [0.29, 0.717) is 0 Å². The van der Waals surface area contributed by atoms with Gasteiger partial charge >= 0.3 is 30.3 Å². The third kappa shape index (κ3) is 15.3. The molecular formula is C29H30F6N4O9. The first-order valence-electron chi connectivity index (χ1n) is 13.3. The smallest absolute Gasteiger partial charge is 0.475 e. The molecule has 0 saturated carbocycles. The number of carbonyl (C=O) groups excluding carboxylic acids is 3. The highest BCUT2D eigenvalue weighted by atomic mass is 19.4. The fraction of sp³-hybridized carbons (Fsp3) is 0.310. The molecule has 0 saturated heterocycles. The van der Waals surface area contributed by atoms with Crippen LogP contribution in [0.2, 0.25) is 0 Å². The number of rotatable bonds is 11. The van der Waals surface area contributed by atoms with Gasteiger partial charge in [0.15, 0.2) is 0 Å². The Kier molecular flexibility index (Phi) is 16.4. The molecule has 0 aliphatic rings. The van der Waals surface area contributed by atoms with Gasteiger partial charge in [-0.3, -0.25) is 19.4 Å². The highest BCUT2D eigenvalue weighted by Gasteiger charge is 2.39. The molecule has 48 heavy (non-hydrogen) atoms. The topological polar surface area (TPSA) is 207 Å². The van der Waals surface area contributed by atoms with Crippen LogP contribution in [0.4, 0.5) is 26.3 Å². The van der Waals surface area contributed by atoms with E-state index in [2.05, 4.69) is 15.6 Å². The molecule has 1 aromatic heterocycles. The average Bonchev–Trinajstić information content (AvgIpc) is 3.02. The summed E-state index contributed by atoms with van der Waals surface area (Å²) in [5.74, 6) is -7.22. The molecule has 2 aromatic carbocycles. The van der Waals surface area contributed by atoms with Gasteiger partial charge in [-0.15, -0.1) is 0 Å². The first kappa shape index (κ1) is 40.7. The van der Waals surface area contributed by atoms with E-state index in [0.717, 1.165) is 22.0 Å². The summed E-state index contributed by atoms with van der Waals surface area (Å²) in [5.41, 5.74) is 8.32. The number of ether oxygens (including phenoxy) is 2. The van der Waals surface area contributed by atoms with Gasteiger partial charge in [0.05, 0.1) is 24.6 Å². The van der Waals surface area contributed by atoms with E-state index in [4.69, 9.17) is 35.0 Å². The Morgan fingerprint density at radius 1 is 0.854 bits per heavy atom. The molecule has 262 valence electrons. The molecule has 0 unspecified atom stereocenters. The Morgan fingerprint density at radius 2 is 1.42 bits per heavy atom. The van der Waals surface area contributed by atoms with E-state index in [1.807, 2.05) is 60.7 Å². The van der Waals surface area contributed by atoms with Gasteiger partial charge in [-0.05, 0) is 17.2 Å². The minimum Gasteiger partial charge on any atom is -0.475 e. The number of halogens is 6. The second kappa shape index (κ2) is 19.4. The number of aromatic nitrogens is 1. The zero-order chi connectivity index (χ0) is 36.5.